The van der Waals surface area contributed by atoms with Crippen LogP contribution in [-0.4, -0.2) is 18.1 Å². The average Bonchev–Trinajstić information content (AvgIpc) is 2.20. The number of nitrogens with zero attached hydrogens (tertiary/aromatic N) is 1. The number of ether oxygens (including phenoxy) is 1. The summed E-state index contributed by atoms with van der Waals surface area (Å²) in [7, 11) is 0. The maximum atomic E-state index is 5.32. The molecule has 1 unspecified atom stereocenters. The molecule has 1 aromatic heterocycles. The third-order valence-corrected chi connectivity index (χ3v) is 2.02. The monoisotopic (exact) mass is 194 g/mol. The van der Waals surface area contributed by atoms with Gasteiger partial charge in [0, 0.05) is 6.04 Å². The second kappa shape index (κ2) is 5.60. The Morgan fingerprint density at radius 3 is 2.71 bits per heavy atom. The van der Waals surface area contributed by atoms with Crippen LogP contribution in [0.5, 0.6) is 5.75 Å². The van der Waals surface area contributed by atoms with Crippen LogP contribution in [0.2, 0.25) is 0 Å². The van der Waals surface area contributed by atoms with Gasteiger partial charge in [0.25, 0.3) is 0 Å². The molecular weight excluding hydrogens is 176 g/mol. The first-order chi connectivity index (χ1) is 6.77. The molecule has 3 nitrogen and oxygen atoms in total. The van der Waals surface area contributed by atoms with Gasteiger partial charge < -0.3 is 10.1 Å². The van der Waals surface area contributed by atoms with Crippen LogP contribution in [0.25, 0.3) is 0 Å². The van der Waals surface area contributed by atoms with Gasteiger partial charge in [0.2, 0.25) is 0 Å². The lowest BCUT2D eigenvalue weighted by Gasteiger charge is -2.11. The summed E-state index contributed by atoms with van der Waals surface area (Å²) in [6.07, 6.45) is 1.77. The van der Waals surface area contributed by atoms with Gasteiger partial charge in [-0.05, 0) is 32.5 Å². The second-order valence-electron chi connectivity index (χ2n) is 3.13. The van der Waals surface area contributed by atoms with Gasteiger partial charge in [-0.1, -0.05) is 6.92 Å². The highest BCUT2D eigenvalue weighted by atomic mass is 16.5. The standard InChI is InChI=1S/C11H18N2O/c1-4-12-9(3)11-7-6-10(8-13-11)14-5-2/h6-9,12H,4-5H2,1-3H3. The van der Waals surface area contributed by atoms with Crippen LogP contribution in [0.4, 0.5) is 0 Å². The Labute approximate surface area is 85.5 Å². The molecule has 0 saturated carbocycles. The normalized spacial score (nSPS) is 12.5. The molecule has 1 atom stereocenters. The molecule has 0 radical (unpaired) electrons. The van der Waals surface area contributed by atoms with Crippen molar-refractivity contribution in [1.82, 2.24) is 10.3 Å². The maximum absolute atomic E-state index is 5.32. The molecule has 78 valence electrons. The third kappa shape index (κ3) is 3.00. The van der Waals surface area contributed by atoms with E-state index >= 15 is 0 Å². The van der Waals surface area contributed by atoms with Crippen LogP contribution >= 0.6 is 0 Å². The van der Waals surface area contributed by atoms with Gasteiger partial charge in [-0.25, -0.2) is 0 Å². The summed E-state index contributed by atoms with van der Waals surface area (Å²) in [4.78, 5) is 4.33. The Hall–Kier alpha value is -1.09. The van der Waals surface area contributed by atoms with E-state index in [1.54, 1.807) is 6.20 Å². The lowest BCUT2D eigenvalue weighted by atomic mass is 10.2. The summed E-state index contributed by atoms with van der Waals surface area (Å²) >= 11 is 0. The molecule has 0 amide bonds. The summed E-state index contributed by atoms with van der Waals surface area (Å²) in [5.41, 5.74) is 1.05. The molecule has 3 heteroatoms. The molecule has 0 spiro atoms. The van der Waals surface area contributed by atoms with Gasteiger partial charge in [0.05, 0.1) is 18.5 Å². The number of nitrogens with one attached hydrogen (secondary N) is 1. The minimum absolute atomic E-state index is 0.302. The van der Waals surface area contributed by atoms with E-state index in [9.17, 15) is 0 Å². The fourth-order valence-electron chi connectivity index (χ4n) is 1.31. The summed E-state index contributed by atoms with van der Waals surface area (Å²) < 4.78 is 5.32. The third-order valence-electron chi connectivity index (χ3n) is 2.02. The van der Waals surface area contributed by atoms with Gasteiger partial charge in [-0.3, -0.25) is 4.98 Å². The lowest BCUT2D eigenvalue weighted by Crippen LogP contribution is -2.18. The Kier molecular flexibility index (Phi) is 4.40. The smallest absolute Gasteiger partial charge is 0.137 e. The van der Waals surface area contributed by atoms with Crippen molar-refractivity contribution in [3.63, 3.8) is 0 Å². The maximum Gasteiger partial charge on any atom is 0.137 e. The molecule has 0 fully saturated rings. The van der Waals surface area contributed by atoms with Crippen LogP contribution in [0.3, 0.4) is 0 Å². The van der Waals surface area contributed by atoms with Crippen molar-refractivity contribution >= 4 is 0 Å². The highest BCUT2D eigenvalue weighted by molar-refractivity contribution is 5.21. The zero-order chi connectivity index (χ0) is 10.4. The van der Waals surface area contributed by atoms with Gasteiger partial charge in [0.15, 0.2) is 0 Å². The summed E-state index contributed by atoms with van der Waals surface area (Å²) in [5.74, 6) is 0.833. The molecule has 0 aliphatic heterocycles. The molecule has 14 heavy (non-hydrogen) atoms. The average molecular weight is 194 g/mol. The second-order valence-corrected chi connectivity index (χ2v) is 3.13. The molecule has 1 aromatic rings. The van der Waals surface area contributed by atoms with Gasteiger partial charge in [0.1, 0.15) is 5.75 Å². The van der Waals surface area contributed by atoms with Crippen molar-refractivity contribution in [2.75, 3.05) is 13.2 Å². The number of hydrogen-bond acceptors (Lipinski definition) is 3. The Morgan fingerprint density at radius 2 is 2.21 bits per heavy atom. The Morgan fingerprint density at radius 1 is 1.43 bits per heavy atom. The van der Waals surface area contributed by atoms with Gasteiger partial charge >= 0.3 is 0 Å². The molecule has 1 heterocycles. The summed E-state index contributed by atoms with van der Waals surface area (Å²) in [6.45, 7) is 7.80. The molecular formula is C11H18N2O. The van der Waals surface area contributed by atoms with Crippen LogP contribution < -0.4 is 10.1 Å². The van der Waals surface area contributed by atoms with Crippen LogP contribution in [0.15, 0.2) is 18.3 Å². The van der Waals surface area contributed by atoms with Crippen LogP contribution in [0.1, 0.15) is 32.5 Å². The van der Waals surface area contributed by atoms with E-state index in [1.165, 1.54) is 0 Å². The SMILES string of the molecule is CCNC(C)c1ccc(OCC)cn1. The van der Waals surface area contributed by atoms with E-state index in [4.69, 9.17) is 4.74 Å². The first-order valence-electron chi connectivity index (χ1n) is 5.10. The van der Waals surface area contributed by atoms with E-state index in [0.29, 0.717) is 12.6 Å². The largest absolute Gasteiger partial charge is 0.492 e. The van der Waals surface area contributed by atoms with E-state index < -0.39 is 0 Å². The van der Waals surface area contributed by atoms with Crippen molar-refractivity contribution in [1.29, 1.82) is 0 Å². The fraction of sp³-hybridized carbons (Fsp3) is 0.545. The van der Waals surface area contributed by atoms with E-state index in [2.05, 4.69) is 24.1 Å². The summed E-state index contributed by atoms with van der Waals surface area (Å²) in [6, 6.07) is 4.26. The molecule has 1 N–H and O–H groups in total. The fourth-order valence-corrected chi connectivity index (χ4v) is 1.31. The van der Waals surface area contributed by atoms with Gasteiger partial charge in [-0.15, -0.1) is 0 Å². The van der Waals surface area contributed by atoms with E-state index in [1.807, 2.05) is 19.1 Å². The van der Waals surface area contributed by atoms with E-state index in [0.717, 1.165) is 18.0 Å². The zero-order valence-corrected chi connectivity index (χ0v) is 9.08. The lowest BCUT2D eigenvalue weighted by molar-refractivity contribution is 0.338. The molecule has 0 aliphatic rings. The minimum Gasteiger partial charge on any atom is -0.492 e. The van der Waals surface area contributed by atoms with Gasteiger partial charge in [-0.2, -0.15) is 0 Å². The molecule has 0 aromatic carbocycles. The van der Waals surface area contributed by atoms with Crippen molar-refractivity contribution < 1.29 is 4.74 Å². The zero-order valence-electron chi connectivity index (χ0n) is 9.08. The summed E-state index contributed by atoms with van der Waals surface area (Å²) in [5, 5.41) is 3.31. The first kappa shape index (κ1) is 11.0. The topological polar surface area (TPSA) is 34.1 Å². The molecule has 0 saturated heterocycles. The Bertz CT molecular complexity index is 258. The quantitative estimate of drug-likeness (QED) is 0.780. The molecule has 1 rings (SSSR count). The number of pyridine rings is 1. The van der Waals surface area contributed by atoms with Crippen molar-refractivity contribution in [2.45, 2.75) is 26.8 Å². The predicted molar refractivity (Wildman–Crippen MR) is 57.5 cm³/mol. The van der Waals surface area contributed by atoms with Crippen molar-refractivity contribution in [2.24, 2.45) is 0 Å². The van der Waals surface area contributed by atoms with Crippen LogP contribution in [0, 0.1) is 0 Å². The number of hydrogen-bond donors (Lipinski definition) is 1. The Balaban J connectivity index is 2.62. The van der Waals surface area contributed by atoms with Crippen LogP contribution in [-0.2, 0) is 0 Å². The highest BCUT2D eigenvalue weighted by Gasteiger charge is 2.04. The number of rotatable bonds is 5. The predicted octanol–water partition coefficient (Wildman–Crippen LogP) is 2.15. The minimum atomic E-state index is 0.302. The van der Waals surface area contributed by atoms with E-state index in [-0.39, 0.29) is 0 Å². The number of aromatic nitrogens is 1. The van der Waals surface area contributed by atoms with Crippen molar-refractivity contribution in [3.8, 4) is 5.75 Å². The highest BCUT2D eigenvalue weighted by Crippen LogP contribution is 2.13. The first-order valence-corrected chi connectivity index (χ1v) is 5.10. The molecule has 0 aliphatic carbocycles. The van der Waals surface area contributed by atoms with Crippen molar-refractivity contribution in [3.05, 3.63) is 24.0 Å². The molecule has 0 bridgehead atoms.